The number of carbonyl (C=O) groups excluding carboxylic acids is 1. The first-order valence-electron chi connectivity index (χ1n) is 7.76. The number of ether oxygens (including phenoxy) is 1. The molecule has 0 radical (unpaired) electrons. The lowest BCUT2D eigenvalue weighted by Gasteiger charge is -2.19. The second-order valence-corrected chi connectivity index (χ2v) is 6.51. The van der Waals surface area contributed by atoms with Gasteiger partial charge in [-0.25, -0.2) is 9.36 Å². The van der Waals surface area contributed by atoms with Gasteiger partial charge in [0.15, 0.2) is 0 Å². The third-order valence-electron chi connectivity index (χ3n) is 3.19. The van der Waals surface area contributed by atoms with Crippen LogP contribution in [0, 0.1) is 5.92 Å². The highest BCUT2D eigenvalue weighted by atomic mass is 31.2. The highest BCUT2D eigenvalue weighted by Gasteiger charge is 2.24. The molecule has 0 spiro atoms. The van der Waals surface area contributed by atoms with E-state index >= 15 is 0 Å². The molecule has 0 saturated carbocycles. The Bertz CT molecular complexity index is 486. The standard InChI is InChI=1S/C14H24NO7P/c1-20-23(18,19)22-13(8-10-16)7-9-15-14(17)21-11-12-5-3-2-4-6-12/h2-5,12-13,16H,6-11H2,1H3,(H,15,17)(H,18,19)/t12?,13-/m0/s1/i16D. The summed E-state index contributed by atoms with van der Waals surface area (Å²) in [4.78, 5) is 21.0. The monoisotopic (exact) mass is 350 g/mol. The van der Waals surface area contributed by atoms with Crippen molar-refractivity contribution in [2.75, 3.05) is 26.9 Å². The van der Waals surface area contributed by atoms with E-state index in [-0.39, 0.29) is 38.5 Å². The predicted octanol–water partition coefficient (Wildman–Crippen LogP) is 1.75. The molecule has 132 valence electrons. The molecule has 1 aliphatic carbocycles. The molecule has 0 bridgehead atoms. The normalized spacial score (nSPS) is 21.3. The minimum absolute atomic E-state index is 0.0281. The average molecular weight is 350 g/mol. The number of allylic oxidation sites excluding steroid dienone is 3. The van der Waals surface area contributed by atoms with E-state index in [9.17, 15) is 14.3 Å². The Morgan fingerprint density at radius 3 is 3.00 bits per heavy atom. The molecule has 3 N–H and O–H groups in total. The van der Waals surface area contributed by atoms with Crippen LogP contribution >= 0.6 is 7.82 Å². The van der Waals surface area contributed by atoms with E-state index in [4.69, 9.17) is 10.7 Å². The topological polar surface area (TPSA) is 114 Å². The summed E-state index contributed by atoms with van der Waals surface area (Å²) in [5.74, 6) is 0.174. The number of aliphatic hydroxyl groups is 1. The molecule has 23 heavy (non-hydrogen) atoms. The predicted molar refractivity (Wildman–Crippen MR) is 83.8 cm³/mol. The lowest BCUT2D eigenvalue weighted by molar-refractivity contribution is 0.0915. The van der Waals surface area contributed by atoms with Gasteiger partial charge in [0.2, 0.25) is 1.43 Å². The quantitative estimate of drug-likeness (QED) is 0.486. The van der Waals surface area contributed by atoms with E-state index in [1.54, 1.807) is 0 Å². The minimum atomic E-state index is -4.14. The van der Waals surface area contributed by atoms with E-state index < -0.39 is 20.0 Å². The Balaban J connectivity index is 2.27. The van der Waals surface area contributed by atoms with Crippen LogP contribution in [-0.2, 0) is 18.3 Å². The number of alkyl carbamates (subject to hydrolysis) is 1. The Labute approximate surface area is 137 Å². The Kier molecular flexibility index (Phi) is 8.35. The zero-order valence-electron chi connectivity index (χ0n) is 14.1. The van der Waals surface area contributed by atoms with Crippen LogP contribution in [0.3, 0.4) is 0 Å². The number of amides is 1. The molecular formula is C14H24NO7P. The van der Waals surface area contributed by atoms with Gasteiger partial charge in [-0.1, -0.05) is 24.3 Å². The lowest BCUT2D eigenvalue weighted by Crippen LogP contribution is -2.30. The zero-order valence-corrected chi connectivity index (χ0v) is 13.9. The molecule has 0 saturated heterocycles. The van der Waals surface area contributed by atoms with Gasteiger partial charge in [-0.15, -0.1) is 0 Å². The van der Waals surface area contributed by atoms with Crippen LogP contribution in [0.4, 0.5) is 4.79 Å². The van der Waals surface area contributed by atoms with Gasteiger partial charge in [0.25, 0.3) is 0 Å². The smallest absolute Gasteiger partial charge is 0.449 e. The maximum atomic E-state index is 11.6. The SMILES string of the molecule is [2H]OCC[C@H](CCNC(=O)OCC1C=CC=CC1)OP(=O)(O)OC. The van der Waals surface area contributed by atoms with Crippen LogP contribution in [0.15, 0.2) is 24.3 Å². The van der Waals surface area contributed by atoms with Gasteiger partial charge < -0.3 is 20.1 Å². The average Bonchev–Trinajstić information content (AvgIpc) is 2.58. The molecule has 3 atom stereocenters. The summed E-state index contributed by atoms with van der Waals surface area (Å²) in [6, 6.07) is 0. The van der Waals surface area contributed by atoms with Crippen molar-refractivity contribution in [2.45, 2.75) is 25.4 Å². The van der Waals surface area contributed by atoms with Crippen LogP contribution < -0.4 is 5.32 Å². The van der Waals surface area contributed by atoms with Gasteiger partial charge in [0.1, 0.15) is 0 Å². The van der Waals surface area contributed by atoms with Gasteiger partial charge in [0, 0.05) is 26.2 Å². The molecule has 0 aliphatic heterocycles. The number of phosphoric ester groups is 1. The van der Waals surface area contributed by atoms with Crippen molar-refractivity contribution in [1.82, 2.24) is 5.32 Å². The number of nitrogens with one attached hydrogen (secondary N) is 1. The molecule has 9 heteroatoms. The van der Waals surface area contributed by atoms with E-state index in [0.29, 0.717) is 0 Å². The fraction of sp³-hybridized carbons (Fsp3) is 0.643. The molecule has 0 aromatic rings. The molecule has 1 amide bonds. The Morgan fingerprint density at radius 2 is 2.35 bits per heavy atom. The van der Waals surface area contributed by atoms with Crippen LogP contribution in [0.25, 0.3) is 0 Å². The van der Waals surface area contributed by atoms with Crippen molar-refractivity contribution >= 4 is 13.9 Å². The highest BCUT2D eigenvalue weighted by molar-refractivity contribution is 7.47. The number of hydrogen-bond acceptors (Lipinski definition) is 6. The van der Waals surface area contributed by atoms with Crippen LogP contribution in [0.1, 0.15) is 19.3 Å². The zero-order chi connectivity index (χ0) is 17.8. The summed E-state index contributed by atoms with van der Waals surface area (Å²) in [5, 5.41) is 6.74. The fourth-order valence-corrected chi connectivity index (χ4v) is 2.61. The first-order chi connectivity index (χ1) is 11.5. The lowest BCUT2D eigenvalue weighted by atomic mass is 10.0. The fourth-order valence-electron chi connectivity index (χ4n) is 1.94. The second kappa shape index (κ2) is 10.6. The molecule has 0 fully saturated rings. The van der Waals surface area contributed by atoms with E-state index in [1.165, 1.54) is 0 Å². The summed E-state index contributed by atoms with van der Waals surface area (Å²) >= 11 is 0. The summed E-state index contributed by atoms with van der Waals surface area (Å²) < 4.78 is 32.5. The number of aliphatic hydroxyl groups excluding tert-OH is 1. The van der Waals surface area contributed by atoms with Crippen molar-refractivity contribution in [3.05, 3.63) is 24.3 Å². The Morgan fingerprint density at radius 1 is 1.52 bits per heavy atom. The largest absolute Gasteiger partial charge is 0.472 e. The molecule has 0 aromatic carbocycles. The molecule has 0 aromatic heterocycles. The molecule has 1 rings (SSSR count). The van der Waals surface area contributed by atoms with Crippen LogP contribution in [0.2, 0.25) is 0 Å². The van der Waals surface area contributed by atoms with Gasteiger partial charge in [0.05, 0.1) is 12.7 Å². The van der Waals surface area contributed by atoms with E-state index in [2.05, 4.69) is 14.9 Å². The first kappa shape index (κ1) is 18.2. The maximum Gasteiger partial charge on any atom is 0.472 e. The van der Waals surface area contributed by atoms with Crippen molar-refractivity contribution < 1.29 is 33.1 Å². The third-order valence-corrected chi connectivity index (χ3v) is 4.21. The van der Waals surface area contributed by atoms with Gasteiger partial charge >= 0.3 is 13.9 Å². The molecule has 8 nitrogen and oxygen atoms in total. The second-order valence-electron chi connectivity index (χ2n) is 4.99. The number of carbonyl (C=O) groups is 1. The Hall–Kier alpha value is -1.18. The van der Waals surface area contributed by atoms with Gasteiger partial charge in [-0.3, -0.25) is 9.05 Å². The highest BCUT2D eigenvalue weighted by Crippen LogP contribution is 2.44. The minimum Gasteiger partial charge on any atom is -0.449 e. The van der Waals surface area contributed by atoms with Gasteiger partial charge in [-0.2, -0.15) is 0 Å². The number of hydrogen-bond donors (Lipinski definition) is 3. The number of phosphoric acid groups is 1. The molecular weight excluding hydrogens is 325 g/mol. The summed E-state index contributed by atoms with van der Waals surface area (Å²) in [6.45, 7) is 0.501. The first-order valence-corrected chi connectivity index (χ1v) is 8.85. The van der Waals surface area contributed by atoms with E-state index in [0.717, 1.165) is 13.5 Å². The van der Waals surface area contributed by atoms with Crippen molar-refractivity contribution in [3.8, 4) is 0 Å². The van der Waals surface area contributed by atoms with Crippen molar-refractivity contribution in [2.24, 2.45) is 5.92 Å². The molecule has 2 unspecified atom stereocenters. The summed E-state index contributed by atoms with van der Waals surface area (Å²) in [7, 11) is -3.08. The van der Waals surface area contributed by atoms with E-state index in [1.807, 2.05) is 24.3 Å². The summed E-state index contributed by atoms with van der Waals surface area (Å²) in [6.07, 6.45) is 7.87. The van der Waals surface area contributed by atoms with Crippen molar-refractivity contribution in [1.29, 1.82) is 1.43 Å². The number of rotatable bonds is 11. The van der Waals surface area contributed by atoms with Crippen molar-refractivity contribution in [3.63, 3.8) is 0 Å². The maximum absolute atomic E-state index is 11.6. The molecule has 0 heterocycles. The summed E-state index contributed by atoms with van der Waals surface area (Å²) in [5.41, 5.74) is 0. The van der Waals surface area contributed by atoms with Crippen LogP contribution in [0.5, 0.6) is 0 Å². The molecule has 1 aliphatic rings. The van der Waals surface area contributed by atoms with Gasteiger partial charge in [-0.05, 0) is 19.3 Å². The third kappa shape index (κ3) is 8.88. The van der Waals surface area contributed by atoms with Crippen LogP contribution in [-0.4, -0.2) is 50.5 Å².